The molecule has 2 aromatic carbocycles. The molecule has 0 aliphatic carbocycles. The van der Waals surface area contributed by atoms with Crippen LogP contribution in [0, 0.1) is 0 Å². The third kappa shape index (κ3) is 3.20. The van der Waals surface area contributed by atoms with Gasteiger partial charge in [-0.1, -0.05) is 29.8 Å². The van der Waals surface area contributed by atoms with Crippen LogP contribution >= 0.6 is 11.6 Å². The van der Waals surface area contributed by atoms with E-state index in [2.05, 4.69) is 4.98 Å². The van der Waals surface area contributed by atoms with Gasteiger partial charge in [0.2, 0.25) is 0 Å². The van der Waals surface area contributed by atoms with Gasteiger partial charge in [0.05, 0.1) is 11.1 Å². The van der Waals surface area contributed by atoms with Crippen molar-refractivity contribution in [2.24, 2.45) is 0 Å². The van der Waals surface area contributed by atoms with Gasteiger partial charge in [-0.15, -0.1) is 0 Å². The van der Waals surface area contributed by atoms with Crippen molar-refractivity contribution in [3.63, 3.8) is 0 Å². The first-order chi connectivity index (χ1) is 10.2. The minimum absolute atomic E-state index is 0.223. The molecule has 0 aliphatic heterocycles. The highest BCUT2D eigenvalue weighted by Gasteiger charge is 2.08. The maximum atomic E-state index is 12.1. The van der Waals surface area contributed by atoms with Gasteiger partial charge < -0.3 is 4.74 Å². The number of halogens is 1. The van der Waals surface area contributed by atoms with Crippen molar-refractivity contribution in [3.8, 4) is 0 Å². The summed E-state index contributed by atoms with van der Waals surface area (Å²) in [4.78, 5) is 16.3. The molecule has 0 bridgehead atoms. The molecule has 0 N–H and O–H groups in total. The minimum atomic E-state index is -0.351. The van der Waals surface area contributed by atoms with Crippen molar-refractivity contribution in [1.29, 1.82) is 0 Å². The van der Waals surface area contributed by atoms with E-state index in [-0.39, 0.29) is 12.6 Å². The Morgan fingerprint density at radius 2 is 1.90 bits per heavy atom. The van der Waals surface area contributed by atoms with Gasteiger partial charge in [0, 0.05) is 16.6 Å². The van der Waals surface area contributed by atoms with Crippen LogP contribution < -0.4 is 0 Å². The van der Waals surface area contributed by atoms with E-state index in [4.69, 9.17) is 16.3 Å². The van der Waals surface area contributed by atoms with Crippen LogP contribution in [0.1, 0.15) is 15.9 Å². The topological polar surface area (TPSA) is 39.2 Å². The Bertz CT molecular complexity index is 784. The highest BCUT2D eigenvalue weighted by atomic mass is 35.5. The molecule has 0 amide bonds. The lowest BCUT2D eigenvalue weighted by atomic mass is 10.1. The smallest absolute Gasteiger partial charge is 0.338 e. The number of aromatic nitrogens is 1. The number of carbonyl (C=O) groups excluding carboxylic acids is 1. The molecule has 0 saturated heterocycles. The quantitative estimate of drug-likeness (QED) is 0.679. The van der Waals surface area contributed by atoms with Gasteiger partial charge in [-0.3, -0.25) is 4.98 Å². The van der Waals surface area contributed by atoms with E-state index in [1.807, 2.05) is 30.3 Å². The molecular formula is C17H12ClNO2. The number of hydrogen-bond donors (Lipinski definition) is 0. The molecule has 0 unspecified atom stereocenters. The summed E-state index contributed by atoms with van der Waals surface area (Å²) in [6.07, 6.45) is 1.72. The molecule has 3 aromatic rings. The van der Waals surface area contributed by atoms with E-state index in [1.165, 1.54) is 0 Å². The monoisotopic (exact) mass is 297 g/mol. The van der Waals surface area contributed by atoms with Gasteiger partial charge in [-0.2, -0.15) is 0 Å². The molecule has 21 heavy (non-hydrogen) atoms. The summed E-state index contributed by atoms with van der Waals surface area (Å²) in [6, 6.07) is 16.3. The van der Waals surface area contributed by atoms with Crippen molar-refractivity contribution in [2.45, 2.75) is 6.61 Å². The number of pyridine rings is 1. The first-order valence-electron chi connectivity index (χ1n) is 6.49. The van der Waals surface area contributed by atoms with Crippen LogP contribution in [-0.2, 0) is 11.3 Å². The fourth-order valence-electron chi connectivity index (χ4n) is 2.02. The number of benzene rings is 2. The summed E-state index contributed by atoms with van der Waals surface area (Å²) in [7, 11) is 0. The molecule has 0 radical (unpaired) electrons. The van der Waals surface area contributed by atoms with Crippen LogP contribution in [0.2, 0.25) is 5.02 Å². The first kappa shape index (κ1) is 13.6. The van der Waals surface area contributed by atoms with E-state index in [0.717, 1.165) is 16.5 Å². The predicted molar refractivity (Wildman–Crippen MR) is 82.3 cm³/mol. The van der Waals surface area contributed by atoms with Gasteiger partial charge in [-0.05, 0) is 42.0 Å². The molecule has 1 heterocycles. The Morgan fingerprint density at radius 3 is 2.71 bits per heavy atom. The second kappa shape index (κ2) is 5.94. The molecular weight excluding hydrogens is 286 g/mol. The van der Waals surface area contributed by atoms with Gasteiger partial charge in [0.25, 0.3) is 0 Å². The second-order valence-electron chi connectivity index (χ2n) is 4.61. The SMILES string of the molecule is O=C(OCc1ccc(Cl)cc1)c1ccc2ncccc2c1. The summed E-state index contributed by atoms with van der Waals surface area (Å²) in [5.41, 5.74) is 2.27. The lowest BCUT2D eigenvalue weighted by molar-refractivity contribution is 0.0473. The summed E-state index contributed by atoms with van der Waals surface area (Å²) < 4.78 is 5.30. The van der Waals surface area contributed by atoms with Gasteiger partial charge in [0.15, 0.2) is 0 Å². The molecule has 1 aromatic heterocycles. The van der Waals surface area contributed by atoms with Crippen molar-refractivity contribution < 1.29 is 9.53 Å². The van der Waals surface area contributed by atoms with Gasteiger partial charge in [-0.25, -0.2) is 4.79 Å². The van der Waals surface area contributed by atoms with Crippen LogP contribution in [0.25, 0.3) is 10.9 Å². The summed E-state index contributed by atoms with van der Waals surface area (Å²) >= 11 is 5.81. The number of esters is 1. The minimum Gasteiger partial charge on any atom is -0.457 e. The van der Waals surface area contributed by atoms with E-state index < -0.39 is 0 Å². The Labute approximate surface area is 127 Å². The van der Waals surface area contributed by atoms with E-state index >= 15 is 0 Å². The molecule has 0 fully saturated rings. The molecule has 3 rings (SSSR count). The largest absolute Gasteiger partial charge is 0.457 e. The van der Waals surface area contributed by atoms with Crippen molar-refractivity contribution in [3.05, 3.63) is 76.9 Å². The van der Waals surface area contributed by atoms with E-state index in [0.29, 0.717) is 10.6 Å². The van der Waals surface area contributed by atoms with Crippen LogP contribution in [-0.4, -0.2) is 11.0 Å². The van der Waals surface area contributed by atoms with Crippen molar-refractivity contribution >= 4 is 28.5 Å². The second-order valence-corrected chi connectivity index (χ2v) is 5.05. The average Bonchev–Trinajstić information content (AvgIpc) is 2.53. The Kier molecular flexibility index (Phi) is 3.84. The summed E-state index contributed by atoms with van der Waals surface area (Å²) in [5, 5.41) is 1.57. The zero-order valence-corrected chi connectivity index (χ0v) is 11.9. The molecule has 0 atom stereocenters. The Balaban J connectivity index is 1.73. The molecule has 0 spiro atoms. The molecule has 0 saturated carbocycles. The number of ether oxygens (including phenoxy) is 1. The lowest BCUT2D eigenvalue weighted by Gasteiger charge is -2.06. The Hall–Kier alpha value is -2.39. The fraction of sp³-hybridized carbons (Fsp3) is 0.0588. The van der Waals surface area contributed by atoms with Crippen LogP contribution in [0.3, 0.4) is 0 Å². The van der Waals surface area contributed by atoms with Gasteiger partial charge in [0.1, 0.15) is 6.61 Å². The highest BCUT2D eigenvalue weighted by Crippen LogP contribution is 2.15. The molecule has 0 aliphatic rings. The van der Waals surface area contributed by atoms with Crippen molar-refractivity contribution in [1.82, 2.24) is 4.98 Å². The number of nitrogens with zero attached hydrogens (tertiary/aromatic N) is 1. The predicted octanol–water partition coefficient (Wildman–Crippen LogP) is 4.25. The molecule has 104 valence electrons. The first-order valence-corrected chi connectivity index (χ1v) is 6.86. The van der Waals surface area contributed by atoms with E-state index in [9.17, 15) is 4.79 Å². The zero-order chi connectivity index (χ0) is 14.7. The Morgan fingerprint density at radius 1 is 1.10 bits per heavy atom. The van der Waals surface area contributed by atoms with Crippen molar-refractivity contribution in [2.75, 3.05) is 0 Å². The lowest BCUT2D eigenvalue weighted by Crippen LogP contribution is -2.05. The molecule has 3 nitrogen and oxygen atoms in total. The summed E-state index contributed by atoms with van der Waals surface area (Å²) in [6.45, 7) is 0.223. The highest BCUT2D eigenvalue weighted by molar-refractivity contribution is 6.30. The zero-order valence-electron chi connectivity index (χ0n) is 11.1. The normalized spacial score (nSPS) is 10.5. The maximum absolute atomic E-state index is 12.1. The molecule has 4 heteroatoms. The van der Waals surface area contributed by atoms with Crippen LogP contribution in [0.4, 0.5) is 0 Å². The summed E-state index contributed by atoms with van der Waals surface area (Å²) in [5.74, 6) is -0.351. The number of carbonyl (C=O) groups is 1. The number of rotatable bonds is 3. The standard InChI is InChI=1S/C17H12ClNO2/c18-15-6-3-12(4-7-15)11-21-17(20)14-5-8-16-13(10-14)2-1-9-19-16/h1-10H,11H2. The third-order valence-corrected chi connectivity index (χ3v) is 3.37. The maximum Gasteiger partial charge on any atom is 0.338 e. The fourth-order valence-corrected chi connectivity index (χ4v) is 2.14. The third-order valence-electron chi connectivity index (χ3n) is 3.12. The average molecular weight is 298 g/mol. The number of fused-ring (bicyclic) bond motifs is 1. The van der Waals surface area contributed by atoms with Crippen LogP contribution in [0.5, 0.6) is 0 Å². The van der Waals surface area contributed by atoms with E-state index in [1.54, 1.807) is 30.5 Å². The van der Waals surface area contributed by atoms with Crippen LogP contribution in [0.15, 0.2) is 60.8 Å². The number of hydrogen-bond acceptors (Lipinski definition) is 3. The van der Waals surface area contributed by atoms with Gasteiger partial charge >= 0.3 is 5.97 Å².